The molecule has 0 aliphatic heterocycles. The van der Waals surface area contributed by atoms with Gasteiger partial charge in [-0.1, -0.05) is 23.2 Å². The van der Waals surface area contributed by atoms with E-state index in [1.807, 2.05) is 29.0 Å². The van der Waals surface area contributed by atoms with E-state index in [0.29, 0.717) is 22.3 Å². The minimum Gasteiger partial charge on any atom is -0.384 e. The smallest absolute Gasteiger partial charge is 0.142 e. The Labute approximate surface area is 150 Å². The van der Waals surface area contributed by atoms with Gasteiger partial charge in [-0.3, -0.25) is 4.98 Å². The molecular formula is C18H17Cl2N3O. The molecule has 0 fully saturated rings. The van der Waals surface area contributed by atoms with Crippen molar-refractivity contribution in [1.82, 2.24) is 14.5 Å². The monoisotopic (exact) mass is 361 g/mol. The number of halogens is 2. The van der Waals surface area contributed by atoms with Gasteiger partial charge in [0.05, 0.1) is 12.2 Å². The molecule has 0 saturated carbocycles. The molecule has 24 heavy (non-hydrogen) atoms. The van der Waals surface area contributed by atoms with E-state index in [2.05, 4.69) is 9.97 Å². The van der Waals surface area contributed by atoms with Gasteiger partial charge in [-0.25, -0.2) is 4.98 Å². The van der Waals surface area contributed by atoms with Crippen LogP contribution in [0, 0.1) is 0 Å². The molecule has 1 aromatic carbocycles. The lowest BCUT2D eigenvalue weighted by molar-refractivity contribution is 0.0742. The van der Waals surface area contributed by atoms with E-state index >= 15 is 0 Å². The van der Waals surface area contributed by atoms with E-state index in [1.165, 1.54) is 0 Å². The summed E-state index contributed by atoms with van der Waals surface area (Å²) >= 11 is 12.4. The number of benzene rings is 1. The predicted octanol–water partition coefficient (Wildman–Crippen LogP) is 4.53. The molecule has 0 radical (unpaired) electrons. The van der Waals surface area contributed by atoms with Crippen LogP contribution in [0.1, 0.15) is 25.1 Å². The van der Waals surface area contributed by atoms with Gasteiger partial charge in [0.25, 0.3) is 0 Å². The van der Waals surface area contributed by atoms with E-state index in [-0.39, 0.29) is 0 Å². The first-order chi connectivity index (χ1) is 11.3. The Hall–Kier alpha value is -1.88. The summed E-state index contributed by atoms with van der Waals surface area (Å²) in [6, 6.07) is 9.15. The molecule has 0 aliphatic rings. The van der Waals surface area contributed by atoms with Crippen LogP contribution in [-0.2, 0) is 12.1 Å². The van der Waals surface area contributed by atoms with Crippen molar-refractivity contribution in [2.24, 2.45) is 0 Å². The van der Waals surface area contributed by atoms with Gasteiger partial charge in [0.1, 0.15) is 11.4 Å². The van der Waals surface area contributed by atoms with Gasteiger partial charge < -0.3 is 9.67 Å². The third-order valence-electron chi connectivity index (χ3n) is 3.67. The first-order valence-corrected chi connectivity index (χ1v) is 8.24. The van der Waals surface area contributed by atoms with Crippen LogP contribution in [0.3, 0.4) is 0 Å². The number of hydrogen-bond acceptors (Lipinski definition) is 3. The molecule has 3 rings (SSSR count). The number of rotatable bonds is 4. The van der Waals surface area contributed by atoms with Gasteiger partial charge in [-0.05, 0) is 49.7 Å². The molecule has 124 valence electrons. The highest BCUT2D eigenvalue weighted by Gasteiger charge is 2.22. The van der Waals surface area contributed by atoms with Crippen molar-refractivity contribution < 1.29 is 5.11 Å². The maximum Gasteiger partial charge on any atom is 0.142 e. The van der Waals surface area contributed by atoms with Crippen molar-refractivity contribution in [1.29, 1.82) is 0 Å². The number of pyridine rings is 1. The molecule has 4 nitrogen and oxygen atoms in total. The van der Waals surface area contributed by atoms with Gasteiger partial charge >= 0.3 is 0 Å². The molecule has 0 saturated heterocycles. The second kappa shape index (κ2) is 6.55. The van der Waals surface area contributed by atoms with E-state index in [4.69, 9.17) is 23.2 Å². The van der Waals surface area contributed by atoms with E-state index in [9.17, 15) is 5.11 Å². The highest BCUT2D eigenvalue weighted by atomic mass is 35.5. The molecule has 0 atom stereocenters. The SMILES string of the molecule is CC(C)(O)c1cn(Cc2cc(Cl)ccc2Cl)c(-c2cccnc2)n1. The first kappa shape index (κ1) is 17.0. The summed E-state index contributed by atoms with van der Waals surface area (Å²) in [5.41, 5.74) is 1.29. The largest absolute Gasteiger partial charge is 0.384 e. The fraction of sp³-hybridized carbons (Fsp3) is 0.222. The minimum absolute atomic E-state index is 0.493. The highest BCUT2D eigenvalue weighted by Crippen LogP contribution is 2.27. The van der Waals surface area contributed by atoms with Gasteiger partial charge in [-0.2, -0.15) is 0 Å². The zero-order valence-electron chi connectivity index (χ0n) is 13.4. The summed E-state index contributed by atoms with van der Waals surface area (Å²) in [5.74, 6) is 0.719. The van der Waals surface area contributed by atoms with Gasteiger partial charge in [0, 0.05) is 34.2 Å². The maximum atomic E-state index is 10.3. The van der Waals surface area contributed by atoms with Crippen LogP contribution in [0.2, 0.25) is 10.0 Å². The molecule has 0 spiro atoms. The molecule has 6 heteroatoms. The Kier molecular flexibility index (Phi) is 4.63. The zero-order chi connectivity index (χ0) is 17.3. The van der Waals surface area contributed by atoms with Crippen LogP contribution in [-0.4, -0.2) is 19.6 Å². The average Bonchev–Trinajstić information content (AvgIpc) is 2.96. The fourth-order valence-corrected chi connectivity index (χ4v) is 2.78. The number of aromatic nitrogens is 3. The molecule has 1 N–H and O–H groups in total. The molecule has 0 amide bonds. The number of imidazole rings is 1. The van der Waals surface area contributed by atoms with Crippen LogP contribution < -0.4 is 0 Å². The van der Waals surface area contributed by atoms with Crippen LogP contribution in [0.4, 0.5) is 0 Å². The first-order valence-electron chi connectivity index (χ1n) is 7.49. The van der Waals surface area contributed by atoms with E-state index < -0.39 is 5.60 Å². The van der Waals surface area contributed by atoms with Crippen molar-refractivity contribution in [3.05, 3.63) is 70.2 Å². The Bertz CT molecular complexity index is 854. The number of nitrogens with zero attached hydrogens (tertiary/aromatic N) is 3. The van der Waals surface area contributed by atoms with Gasteiger partial charge in [-0.15, -0.1) is 0 Å². The predicted molar refractivity (Wildman–Crippen MR) is 96.3 cm³/mol. The van der Waals surface area contributed by atoms with Crippen LogP contribution in [0.25, 0.3) is 11.4 Å². The summed E-state index contributed by atoms with van der Waals surface area (Å²) in [5, 5.41) is 11.6. The summed E-state index contributed by atoms with van der Waals surface area (Å²) < 4.78 is 1.95. The molecule has 0 aliphatic carbocycles. The third kappa shape index (κ3) is 3.61. The fourth-order valence-electron chi connectivity index (χ4n) is 2.40. The summed E-state index contributed by atoms with van der Waals surface area (Å²) in [4.78, 5) is 8.75. The van der Waals surface area contributed by atoms with Crippen molar-refractivity contribution in [3.63, 3.8) is 0 Å². The summed E-state index contributed by atoms with van der Waals surface area (Å²) in [6.07, 6.45) is 5.29. The van der Waals surface area contributed by atoms with E-state index in [0.717, 1.165) is 17.0 Å². The quantitative estimate of drug-likeness (QED) is 0.742. The number of aliphatic hydroxyl groups is 1. The zero-order valence-corrected chi connectivity index (χ0v) is 14.9. The Morgan fingerprint density at radius 3 is 2.67 bits per heavy atom. The second-order valence-electron chi connectivity index (χ2n) is 6.11. The average molecular weight is 362 g/mol. The Morgan fingerprint density at radius 2 is 2.00 bits per heavy atom. The maximum absolute atomic E-state index is 10.3. The number of hydrogen-bond donors (Lipinski definition) is 1. The summed E-state index contributed by atoms with van der Waals surface area (Å²) in [6.45, 7) is 3.91. The van der Waals surface area contributed by atoms with Crippen molar-refractivity contribution in [2.45, 2.75) is 26.0 Å². The van der Waals surface area contributed by atoms with Gasteiger partial charge in [0.15, 0.2) is 0 Å². The third-order valence-corrected chi connectivity index (χ3v) is 4.28. The normalized spacial score (nSPS) is 11.7. The molecule has 2 heterocycles. The lowest BCUT2D eigenvalue weighted by Gasteiger charge is -2.13. The Balaban J connectivity index is 2.09. The van der Waals surface area contributed by atoms with Crippen molar-refractivity contribution in [2.75, 3.05) is 0 Å². The van der Waals surface area contributed by atoms with Gasteiger partial charge in [0.2, 0.25) is 0 Å². The molecule has 3 aromatic rings. The Morgan fingerprint density at radius 1 is 1.21 bits per heavy atom. The van der Waals surface area contributed by atoms with E-state index in [1.54, 1.807) is 38.4 Å². The lowest BCUT2D eigenvalue weighted by Crippen LogP contribution is -2.15. The lowest BCUT2D eigenvalue weighted by atomic mass is 10.1. The molecule has 0 bridgehead atoms. The summed E-state index contributed by atoms with van der Waals surface area (Å²) in [7, 11) is 0. The van der Waals surface area contributed by atoms with Crippen molar-refractivity contribution in [3.8, 4) is 11.4 Å². The molecular weight excluding hydrogens is 345 g/mol. The second-order valence-corrected chi connectivity index (χ2v) is 6.96. The van der Waals surface area contributed by atoms with Crippen LogP contribution in [0.15, 0.2) is 48.9 Å². The van der Waals surface area contributed by atoms with Crippen LogP contribution >= 0.6 is 23.2 Å². The topological polar surface area (TPSA) is 50.9 Å². The minimum atomic E-state index is -1.04. The van der Waals surface area contributed by atoms with Crippen molar-refractivity contribution >= 4 is 23.2 Å². The molecule has 2 aromatic heterocycles. The standard InChI is InChI=1S/C18H17Cl2N3O/c1-18(2,24)16-11-23(10-13-8-14(19)5-6-15(13)20)17(22-16)12-4-3-7-21-9-12/h3-9,11,24H,10H2,1-2H3. The molecule has 0 unspecified atom stereocenters. The highest BCUT2D eigenvalue weighted by molar-refractivity contribution is 6.33. The van der Waals surface area contributed by atoms with Crippen LogP contribution in [0.5, 0.6) is 0 Å².